The van der Waals surface area contributed by atoms with E-state index in [-0.39, 0.29) is 11.6 Å². The van der Waals surface area contributed by atoms with Crippen molar-refractivity contribution in [1.29, 1.82) is 0 Å². The number of hydrogen-bond donors (Lipinski definition) is 2. The molecule has 0 saturated heterocycles. The van der Waals surface area contributed by atoms with Crippen molar-refractivity contribution in [3.05, 3.63) is 64.3 Å². The molecule has 7 heteroatoms. The molecule has 0 bridgehead atoms. The third-order valence-electron chi connectivity index (χ3n) is 2.85. The van der Waals surface area contributed by atoms with Crippen LogP contribution in [0.5, 0.6) is 0 Å². The molecule has 3 N–H and O–H groups in total. The van der Waals surface area contributed by atoms with Crippen LogP contribution in [0.25, 0.3) is 0 Å². The van der Waals surface area contributed by atoms with Gasteiger partial charge in [-0.05, 0) is 36.4 Å². The van der Waals surface area contributed by atoms with E-state index in [9.17, 15) is 4.79 Å². The Hall–Kier alpha value is -2.44. The van der Waals surface area contributed by atoms with E-state index in [0.717, 1.165) is 5.69 Å². The maximum absolute atomic E-state index is 12.4. The summed E-state index contributed by atoms with van der Waals surface area (Å²) < 4.78 is 0. The van der Waals surface area contributed by atoms with Crippen molar-refractivity contribution in [2.24, 2.45) is 0 Å². The molecule has 5 nitrogen and oxygen atoms in total. The summed E-state index contributed by atoms with van der Waals surface area (Å²) in [6.07, 6.45) is 1.57. The molecule has 0 aliphatic carbocycles. The molecular weight excluding hydrogens is 320 g/mol. The number of nitrogens with two attached hydrogens (primary N) is 1. The minimum absolute atomic E-state index is 0.192. The van der Waals surface area contributed by atoms with Crippen LogP contribution in [0.15, 0.2) is 48.7 Å². The van der Waals surface area contributed by atoms with Crippen LogP contribution in [0.2, 0.25) is 5.02 Å². The number of thiazole rings is 1. The number of nitrogens with one attached hydrogen (secondary N) is 1. The summed E-state index contributed by atoms with van der Waals surface area (Å²) in [4.78, 5) is 20.9. The van der Waals surface area contributed by atoms with E-state index in [2.05, 4.69) is 15.3 Å². The van der Waals surface area contributed by atoms with E-state index in [1.165, 1.54) is 11.3 Å². The minimum Gasteiger partial charge on any atom is -0.382 e. The highest BCUT2D eigenvalue weighted by atomic mass is 35.5. The number of nitrogens with zero attached hydrogens (tertiary/aromatic N) is 2. The number of benzene rings is 1. The van der Waals surface area contributed by atoms with Gasteiger partial charge in [0.1, 0.15) is 16.4 Å². The number of rotatable bonds is 4. The standard InChI is InChI=1S/C15H11ClN4OS/c16-9-4-6-10(7-5-9)19-15-20-14(17)13(22-15)12(21)11-3-1-2-8-18-11/h1-8H,17H2,(H,19,20). The Morgan fingerprint density at radius 1 is 1.18 bits per heavy atom. The highest BCUT2D eigenvalue weighted by Gasteiger charge is 2.18. The van der Waals surface area contributed by atoms with Crippen LogP contribution in [0.3, 0.4) is 0 Å². The maximum Gasteiger partial charge on any atom is 0.225 e. The molecule has 1 aromatic carbocycles. The molecule has 2 heterocycles. The summed E-state index contributed by atoms with van der Waals surface area (Å²) in [5.41, 5.74) is 7.01. The van der Waals surface area contributed by atoms with Crippen LogP contribution < -0.4 is 11.1 Å². The fraction of sp³-hybridized carbons (Fsp3) is 0. The van der Waals surface area contributed by atoms with Crippen molar-refractivity contribution in [2.75, 3.05) is 11.1 Å². The number of nitrogen functional groups attached to an aromatic ring is 1. The second-order valence-corrected chi connectivity index (χ2v) is 5.84. The van der Waals surface area contributed by atoms with Crippen molar-refractivity contribution < 1.29 is 4.79 Å². The van der Waals surface area contributed by atoms with Gasteiger partial charge < -0.3 is 11.1 Å². The molecule has 2 aromatic heterocycles. The van der Waals surface area contributed by atoms with E-state index in [1.54, 1.807) is 36.5 Å². The summed E-state index contributed by atoms with van der Waals surface area (Å²) in [6, 6.07) is 12.3. The van der Waals surface area contributed by atoms with Crippen LogP contribution >= 0.6 is 22.9 Å². The molecule has 0 unspecified atom stereocenters. The van der Waals surface area contributed by atoms with Gasteiger partial charge in [0.15, 0.2) is 5.13 Å². The average Bonchev–Trinajstić information content (AvgIpc) is 2.90. The molecule has 0 amide bonds. The third kappa shape index (κ3) is 3.08. The highest BCUT2D eigenvalue weighted by molar-refractivity contribution is 7.18. The summed E-state index contributed by atoms with van der Waals surface area (Å²) >= 11 is 7.03. The van der Waals surface area contributed by atoms with Gasteiger partial charge in [-0.3, -0.25) is 9.78 Å². The molecule has 3 rings (SSSR count). The van der Waals surface area contributed by atoms with Gasteiger partial charge in [0.25, 0.3) is 0 Å². The van der Waals surface area contributed by atoms with Crippen molar-refractivity contribution in [3.63, 3.8) is 0 Å². The van der Waals surface area contributed by atoms with Crippen LogP contribution in [0.4, 0.5) is 16.6 Å². The lowest BCUT2D eigenvalue weighted by Gasteiger charge is -2.01. The molecule has 0 atom stereocenters. The molecule has 22 heavy (non-hydrogen) atoms. The lowest BCUT2D eigenvalue weighted by Crippen LogP contribution is -2.04. The molecular formula is C15H11ClN4OS. The molecule has 0 radical (unpaired) electrons. The Balaban J connectivity index is 1.85. The second kappa shape index (κ2) is 6.13. The number of halogens is 1. The molecule has 3 aromatic rings. The van der Waals surface area contributed by atoms with Gasteiger partial charge in [-0.1, -0.05) is 29.0 Å². The monoisotopic (exact) mass is 330 g/mol. The van der Waals surface area contributed by atoms with Crippen molar-refractivity contribution in [2.45, 2.75) is 0 Å². The first kappa shape index (κ1) is 14.5. The van der Waals surface area contributed by atoms with Gasteiger partial charge in [0, 0.05) is 16.9 Å². The van der Waals surface area contributed by atoms with Crippen molar-refractivity contribution in [3.8, 4) is 0 Å². The van der Waals surface area contributed by atoms with E-state index >= 15 is 0 Å². The maximum atomic E-state index is 12.4. The summed E-state index contributed by atoms with van der Waals surface area (Å²) in [6.45, 7) is 0. The Bertz CT molecular complexity index is 802. The number of aromatic nitrogens is 2. The van der Waals surface area contributed by atoms with Gasteiger partial charge in [-0.15, -0.1) is 0 Å². The molecule has 0 fully saturated rings. The first-order chi connectivity index (χ1) is 10.6. The first-order valence-electron chi connectivity index (χ1n) is 6.38. The summed E-state index contributed by atoms with van der Waals surface area (Å²) in [5, 5.41) is 4.28. The number of ketones is 1. The molecule has 0 aliphatic rings. The van der Waals surface area contributed by atoms with Gasteiger partial charge in [-0.2, -0.15) is 0 Å². The SMILES string of the molecule is Nc1nc(Nc2ccc(Cl)cc2)sc1C(=O)c1ccccn1. The Morgan fingerprint density at radius 2 is 1.95 bits per heavy atom. The lowest BCUT2D eigenvalue weighted by atomic mass is 10.2. The van der Waals surface area contributed by atoms with Gasteiger partial charge >= 0.3 is 0 Å². The number of carbonyl (C=O) groups excluding carboxylic acids is 1. The van der Waals surface area contributed by atoms with E-state index in [4.69, 9.17) is 17.3 Å². The number of carbonyl (C=O) groups is 1. The van der Waals surface area contributed by atoms with Crippen LogP contribution in [0.1, 0.15) is 15.4 Å². The minimum atomic E-state index is -0.236. The fourth-order valence-electron chi connectivity index (χ4n) is 1.82. The Labute approximate surface area is 135 Å². The summed E-state index contributed by atoms with van der Waals surface area (Å²) in [5.74, 6) is -0.0446. The van der Waals surface area contributed by atoms with Crippen LogP contribution in [-0.4, -0.2) is 15.8 Å². The van der Waals surface area contributed by atoms with Gasteiger partial charge in [-0.25, -0.2) is 4.98 Å². The quantitative estimate of drug-likeness (QED) is 0.712. The normalized spacial score (nSPS) is 10.4. The zero-order valence-corrected chi connectivity index (χ0v) is 12.9. The smallest absolute Gasteiger partial charge is 0.225 e. The van der Waals surface area contributed by atoms with E-state index in [1.807, 2.05) is 12.1 Å². The fourth-order valence-corrected chi connectivity index (χ4v) is 2.80. The largest absolute Gasteiger partial charge is 0.382 e. The Kier molecular flexibility index (Phi) is 4.04. The zero-order valence-electron chi connectivity index (χ0n) is 11.3. The first-order valence-corrected chi connectivity index (χ1v) is 7.57. The van der Waals surface area contributed by atoms with Crippen molar-refractivity contribution >= 4 is 45.4 Å². The number of anilines is 3. The van der Waals surface area contributed by atoms with Crippen molar-refractivity contribution in [1.82, 2.24) is 9.97 Å². The second-order valence-electron chi connectivity index (χ2n) is 4.41. The number of pyridine rings is 1. The Morgan fingerprint density at radius 3 is 2.64 bits per heavy atom. The van der Waals surface area contributed by atoms with Gasteiger partial charge in [0.05, 0.1) is 0 Å². The molecule has 110 valence electrons. The third-order valence-corrected chi connectivity index (χ3v) is 4.09. The predicted octanol–water partition coefficient (Wildman–Crippen LogP) is 3.75. The molecule has 0 aliphatic heterocycles. The predicted molar refractivity (Wildman–Crippen MR) is 88.9 cm³/mol. The van der Waals surface area contributed by atoms with Crippen LogP contribution in [0, 0.1) is 0 Å². The zero-order chi connectivity index (χ0) is 15.5. The highest BCUT2D eigenvalue weighted by Crippen LogP contribution is 2.29. The average molecular weight is 331 g/mol. The molecule has 0 spiro atoms. The number of hydrogen-bond acceptors (Lipinski definition) is 6. The van der Waals surface area contributed by atoms with E-state index < -0.39 is 0 Å². The molecule has 0 saturated carbocycles. The lowest BCUT2D eigenvalue weighted by molar-refractivity contribution is 0.103. The topological polar surface area (TPSA) is 80.9 Å². The van der Waals surface area contributed by atoms with Crippen LogP contribution in [-0.2, 0) is 0 Å². The van der Waals surface area contributed by atoms with Gasteiger partial charge in [0.2, 0.25) is 5.78 Å². The van der Waals surface area contributed by atoms with E-state index in [0.29, 0.717) is 20.7 Å². The summed E-state index contributed by atoms with van der Waals surface area (Å²) in [7, 11) is 0.